The lowest BCUT2D eigenvalue weighted by Gasteiger charge is -2.22. The SMILES string of the molecule is Nc1nc(CC2CCCCO2)nc2c1CCCCC2. The van der Waals surface area contributed by atoms with Crippen LogP contribution in [0.15, 0.2) is 0 Å². The molecule has 4 heteroatoms. The van der Waals surface area contributed by atoms with Crippen molar-refractivity contribution < 1.29 is 4.74 Å². The number of hydrogen-bond acceptors (Lipinski definition) is 4. The van der Waals surface area contributed by atoms with Crippen LogP contribution in [0, 0.1) is 0 Å². The Morgan fingerprint density at radius 3 is 2.79 bits per heavy atom. The third-order valence-corrected chi connectivity index (χ3v) is 4.20. The van der Waals surface area contributed by atoms with Gasteiger partial charge in [-0.15, -0.1) is 0 Å². The molecule has 0 aromatic carbocycles. The van der Waals surface area contributed by atoms with E-state index in [1.54, 1.807) is 0 Å². The molecule has 1 aromatic heterocycles. The topological polar surface area (TPSA) is 61.0 Å². The summed E-state index contributed by atoms with van der Waals surface area (Å²) < 4.78 is 5.77. The van der Waals surface area contributed by atoms with Gasteiger partial charge in [-0.2, -0.15) is 0 Å². The minimum atomic E-state index is 0.289. The number of hydrogen-bond donors (Lipinski definition) is 1. The molecule has 1 aliphatic carbocycles. The van der Waals surface area contributed by atoms with Crippen LogP contribution in [0.1, 0.15) is 55.6 Å². The number of ether oxygens (including phenoxy) is 1. The number of rotatable bonds is 2. The van der Waals surface area contributed by atoms with Gasteiger partial charge in [-0.05, 0) is 44.9 Å². The third kappa shape index (κ3) is 3.06. The minimum absolute atomic E-state index is 0.289. The Morgan fingerprint density at radius 1 is 1.05 bits per heavy atom. The predicted molar refractivity (Wildman–Crippen MR) is 75.0 cm³/mol. The molecule has 0 radical (unpaired) electrons. The van der Waals surface area contributed by atoms with Crippen LogP contribution < -0.4 is 5.73 Å². The van der Waals surface area contributed by atoms with Gasteiger partial charge in [-0.3, -0.25) is 0 Å². The van der Waals surface area contributed by atoms with Crippen LogP contribution in [-0.4, -0.2) is 22.7 Å². The van der Waals surface area contributed by atoms with Crippen molar-refractivity contribution in [1.82, 2.24) is 9.97 Å². The summed E-state index contributed by atoms with van der Waals surface area (Å²) in [6.45, 7) is 0.880. The average molecular weight is 261 g/mol. The molecule has 0 spiro atoms. The second-order valence-electron chi connectivity index (χ2n) is 5.70. The number of aromatic nitrogens is 2. The Labute approximate surface area is 114 Å². The van der Waals surface area contributed by atoms with E-state index in [0.29, 0.717) is 5.82 Å². The molecule has 1 aliphatic heterocycles. The molecular formula is C15H23N3O. The molecular weight excluding hydrogens is 238 g/mol. The fraction of sp³-hybridized carbons (Fsp3) is 0.733. The molecule has 0 saturated carbocycles. The maximum absolute atomic E-state index is 6.12. The second-order valence-corrected chi connectivity index (χ2v) is 5.70. The Morgan fingerprint density at radius 2 is 1.95 bits per heavy atom. The van der Waals surface area contributed by atoms with Gasteiger partial charge in [0.05, 0.1) is 6.10 Å². The molecule has 1 unspecified atom stereocenters. The van der Waals surface area contributed by atoms with Gasteiger partial charge in [-0.1, -0.05) is 6.42 Å². The third-order valence-electron chi connectivity index (χ3n) is 4.20. The molecule has 1 aromatic rings. The molecule has 1 saturated heterocycles. The van der Waals surface area contributed by atoms with E-state index in [4.69, 9.17) is 15.5 Å². The largest absolute Gasteiger partial charge is 0.383 e. The maximum atomic E-state index is 6.12. The zero-order valence-electron chi connectivity index (χ0n) is 11.5. The molecule has 0 bridgehead atoms. The lowest BCUT2D eigenvalue weighted by Crippen LogP contribution is -2.23. The number of nitrogens with zero attached hydrogens (tertiary/aromatic N) is 2. The zero-order chi connectivity index (χ0) is 13.1. The van der Waals surface area contributed by atoms with Gasteiger partial charge in [0.15, 0.2) is 0 Å². The monoisotopic (exact) mass is 261 g/mol. The molecule has 2 aliphatic rings. The van der Waals surface area contributed by atoms with Crippen molar-refractivity contribution in [3.63, 3.8) is 0 Å². The summed E-state index contributed by atoms with van der Waals surface area (Å²) in [7, 11) is 0. The van der Waals surface area contributed by atoms with E-state index in [2.05, 4.69) is 4.98 Å². The molecule has 2 N–H and O–H groups in total. The van der Waals surface area contributed by atoms with Gasteiger partial charge in [0.1, 0.15) is 11.6 Å². The van der Waals surface area contributed by atoms with E-state index in [1.807, 2.05) is 0 Å². The van der Waals surface area contributed by atoms with Crippen molar-refractivity contribution in [1.29, 1.82) is 0 Å². The van der Waals surface area contributed by atoms with E-state index in [1.165, 1.54) is 43.4 Å². The van der Waals surface area contributed by atoms with Crippen molar-refractivity contribution in [3.8, 4) is 0 Å². The van der Waals surface area contributed by atoms with Crippen molar-refractivity contribution >= 4 is 5.82 Å². The normalized spacial score (nSPS) is 23.7. The first-order valence-corrected chi connectivity index (χ1v) is 7.58. The molecule has 0 amide bonds. The van der Waals surface area contributed by atoms with Gasteiger partial charge in [0, 0.05) is 24.3 Å². The van der Waals surface area contributed by atoms with Crippen LogP contribution in [-0.2, 0) is 24.0 Å². The van der Waals surface area contributed by atoms with Crippen molar-refractivity contribution in [2.75, 3.05) is 12.3 Å². The predicted octanol–water partition coefficient (Wildman–Crippen LogP) is 2.44. The van der Waals surface area contributed by atoms with E-state index in [9.17, 15) is 0 Å². The van der Waals surface area contributed by atoms with Gasteiger partial charge < -0.3 is 10.5 Å². The van der Waals surface area contributed by atoms with Gasteiger partial charge in [-0.25, -0.2) is 9.97 Å². The molecule has 104 valence electrons. The van der Waals surface area contributed by atoms with Gasteiger partial charge >= 0.3 is 0 Å². The highest BCUT2D eigenvalue weighted by Gasteiger charge is 2.19. The summed E-state index contributed by atoms with van der Waals surface area (Å²) in [5.74, 6) is 1.59. The number of anilines is 1. The van der Waals surface area contributed by atoms with Crippen molar-refractivity contribution in [3.05, 3.63) is 17.1 Å². The average Bonchev–Trinajstić information content (AvgIpc) is 2.65. The summed E-state index contributed by atoms with van der Waals surface area (Å²) in [4.78, 5) is 9.27. The number of aryl methyl sites for hydroxylation is 1. The number of fused-ring (bicyclic) bond motifs is 1. The van der Waals surface area contributed by atoms with E-state index < -0.39 is 0 Å². The summed E-state index contributed by atoms with van der Waals surface area (Å²) >= 11 is 0. The van der Waals surface area contributed by atoms with Crippen LogP contribution in [0.2, 0.25) is 0 Å². The Bertz CT molecular complexity index is 441. The summed E-state index contributed by atoms with van der Waals surface area (Å²) in [5, 5.41) is 0. The first-order valence-electron chi connectivity index (χ1n) is 7.58. The summed E-state index contributed by atoms with van der Waals surface area (Å²) in [6.07, 6.45) is 10.5. The van der Waals surface area contributed by atoms with Crippen LogP contribution >= 0.6 is 0 Å². The van der Waals surface area contributed by atoms with Crippen LogP contribution in [0.3, 0.4) is 0 Å². The quantitative estimate of drug-likeness (QED) is 0.831. The highest BCUT2D eigenvalue weighted by Crippen LogP contribution is 2.24. The van der Waals surface area contributed by atoms with Crippen molar-refractivity contribution in [2.45, 2.75) is 63.9 Å². The summed E-state index contributed by atoms with van der Waals surface area (Å²) in [5.41, 5.74) is 8.52. The Hall–Kier alpha value is -1.16. The number of nitrogen functional groups attached to an aromatic ring is 1. The molecule has 3 rings (SSSR count). The van der Waals surface area contributed by atoms with E-state index in [-0.39, 0.29) is 6.10 Å². The lowest BCUT2D eigenvalue weighted by atomic mass is 10.1. The minimum Gasteiger partial charge on any atom is -0.383 e. The highest BCUT2D eigenvalue weighted by atomic mass is 16.5. The lowest BCUT2D eigenvalue weighted by molar-refractivity contribution is 0.0156. The number of nitrogens with two attached hydrogens (primary N) is 1. The van der Waals surface area contributed by atoms with Crippen LogP contribution in [0.5, 0.6) is 0 Å². The molecule has 1 atom stereocenters. The van der Waals surface area contributed by atoms with E-state index in [0.717, 1.165) is 38.1 Å². The fourth-order valence-electron chi connectivity index (χ4n) is 3.12. The highest BCUT2D eigenvalue weighted by molar-refractivity contribution is 5.43. The van der Waals surface area contributed by atoms with Crippen LogP contribution in [0.4, 0.5) is 5.82 Å². The molecule has 19 heavy (non-hydrogen) atoms. The van der Waals surface area contributed by atoms with Crippen molar-refractivity contribution in [2.24, 2.45) is 0 Å². The zero-order valence-corrected chi connectivity index (χ0v) is 11.5. The Kier molecular flexibility index (Phi) is 3.97. The second kappa shape index (κ2) is 5.87. The first kappa shape index (κ1) is 12.9. The maximum Gasteiger partial charge on any atom is 0.133 e. The van der Waals surface area contributed by atoms with Crippen LogP contribution in [0.25, 0.3) is 0 Å². The molecule has 2 heterocycles. The summed E-state index contributed by atoms with van der Waals surface area (Å²) in [6, 6.07) is 0. The fourth-order valence-corrected chi connectivity index (χ4v) is 3.12. The van der Waals surface area contributed by atoms with E-state index >= 15 is 0 Å². The molecule has 1 fully saturated rings. The first-order chi connectivity index (χ1) is 9.33. The smallest absolute Gasteiger partial charge is 0.133 e. The molecule has 4 nitrogen and oxygen atoms in total. The van der Waals surface area contributed by atoms with Gasteiger partial charge in [0.25, 0.3) is 0 Å². The van der Waals surface area contributed by atoms with Gasteiger partial charge in [0.2, 0.25) is 0 Å². The standard InChI is InChI=1S/C15H23N3O/c16-15-12-7-2-1-3-8-13(12)17-14(18-15)10-11-6-4-5-9-19-11/h11H,1-10H2,(H2,16,17,18). The Balaban J connectivity index is 1.78.